The van der Waals surface area contributed by atoms with Crippen LogP contribution in [0.15, 0.2) is 29.1 Å². The smallest absolute Gasteiger partial charge is 0.378 e. The summed E-state index contributed by atoms with van der Waals surface area (Å²) in [5.74, 6) is 0.301. The van der Waals surface area contributed by atoms with E-state index in [0.29, 0.717) is 48.3 Å². The number of hydrogen-bond acceptors (Lipinski definition) is 5. The number of anilines is 2. The normalized spacial score (nSPS) is 19.9. The minimum absolute atomic E-state index is 0.0532. The number of nitrogens with one attached hydrogen (secondary N) is 1. The molecular weight excluding hydrogens is 397 g/mol. The summed E-state index contributed by atoms with van der Waals surface area (Å²) in [5.41, 5.74) is 0.605. The highest BCUT2D eigenvalue weighted by Crippen LogP contribution is 2.33. The van der Waals surface area contributed by atoms with Crippen LogP contribution < -0.4 is 15.8 Å². The molecule has 28 heavy (non-hydrogen) atoms. The first kappa shape index (κ1) is 19.1. The lowest BCUT2D eigenvalue weighted by Crippen LogP contribution is -2.45. The second kappa shape index (κ2) is 7.29. The van der Waals surface area contributed by atoms with Gasteiger partial charge in [0.1, 0.15) is 11.9 Å². The standard InChI is InChI=1S/C18H18ClF3N4O2/c19-12-3-1-11(2-4-12)14-15(25-7-9-28-10-8-25)24-17-23-13(18(20,21)22)5-6-26(17)16(14)27/h1-4,13H,5-10H2,(H,23,24). The van der Waals surface area contributed by atoms with E-state index in [1.54, 1.807) is 24.3 Å². The number of halogens is 4. The quantitative estimate of drug-likeness (QED) is 0.818. The Hall–Kier alpha value is -2.26. The maximum Gasteiger partial charge on any atom is 0.408 e. The molecule has 0 bridgehead atoms. The fourth-order valence-corrected chi connectivity index (χ4v) is 3.59. The first-order valence-electron chi connectivity index (χ1n) is 8.91. The molecule has 1 saturated heterocycles. The average molecular weight is 415 g/mol. The molecule has 3 heterocycles. The predicted octanol–water partition coefficient (Wildman–Crippen LogP) is 3.15. The summed E-state index contributed by atoms with van der Waals surface area (Å²) >= 11 is 5.96. The molecule has 0 aliphatic carbocycles. The second-order valence-corrected chi connectivity index (χ2v) is 7.16. The van der Waals surface area contributed by atoms with Crippen molar-refractivity contribution in [2.75, 3.05) is 36.5 Å². The highest BCUT2D eigenvalue weighted by atomic mass is 35.5. The molecule has 6 nitrogen and oxygen atoms in total. The van der Waals surface area contributed by atoms with Crippen LogP contribution in [0.25, 0.3) is 11.1 Å². The Labute approximate surface area is 163 Å². The van der Waals surface area contributed by atoms with Gasteiger partial charge in [-0.3, -0.25) is 9.36 Å². The average Bonchev–Trinajstić information content (AvgIpc) is 2.68. The third-order valence-electron chi connectivity index (χ3n) is 4.93. The molecule has 0 saturated carbocycles. The van der Waals surface area contributed by atoms with Crippen molar-refractivity contribution in [1.29, 1.82) is 0 Å². The second-order valence-electron chi connectivity index (χ2n) is 6.72. The van der Waals surface area contributed by atoms with Crippen LogP contribution in [-0.2, 0) is 11.3 Å². The summed E-state index contributed by atoms with van der Waals surface area (Å²) in [7, 11) is 0. The molecule has 1 unspecified atom stereocenters. The van der Waals surface area contributed by atoms with Crippen LogP contribution >= 0.6 is 11.6 Å². The van der Waals surface area contributed by atoms with Gasteiger partial charge >= 0.3 is 6.18 Å². The molecule has 2 aliphatic rings. The zero-order valence-electron chi connectivity index (χ0n) is 14.8. The van der Waals surface area contributed by atoms with Crippen LogP contribution in [0.4, 0.5) is 24.9 Å². The van der Waals surface area contributed by atoms with E-state index >= 15 is 0 Å². The summed E-state index contributed by atoms with van der Waals surface area (Å²) in [6, 6.07) is 5.04. The highest BCUT2D eigenvalue weighted by Gasteiger charge is 2.42. The topological polar surface area (TPSA) is 59.4 Å². The Kier molecular flexibility index (Phi) is 4.96. The van der Waals surface area contributed by atoms with Gasteiger partial charge in [-0.2, -0.15) is 18.2 Å². The van der Waals surface area contributed by atoms with Crippen molar-refractivity contribution in [1.82, 2.24) is 9.55 Å². The van der Waals surface area contributed by atoms with Crippen molar-refractivity contribution in [3.63, 3.8) is 0 Å². The Balaban J connectivity index is 1.85. The van der Waals surface area contributed by atoms with E-state index in [1.165, 1.54) is 4.57 Å². The fourth-order valence-electron chi connectivity index (χ4n) is 3.47. The molecule has 0 amide bonds. The van der Waals surface area contributed by atoms with Crippen LogP contribution in [0.1, 0.15) is 6.42 Å². The molecule has 1 fully saturated rings. The third kappa shape index (κ3) is 3.56. The first-order valence-corrected chi connectivity index (χ1v) is 9.29. The van der Waals surface area contributed by atoms with Gasteiger partial charge < -0.3 is 15.0 Å². The Morgan fingerprint density at radius 2 is 1.82 bits per heavy atom. The number of nitrogens with zero attached hydrogens (tertiary/aromatic N) is 3. The molecule has 2 aromatic rings. The molecule has 2 aliphatic heterocycles. The fraction of sp³-hybridized carbons (Fsp3) is 0.444. The van der Waals surface area contributed by atoms with Gasteiger partial charge in [0, 0.05) is 24.7 Å². The number of ether oxygens (including phenoxy) is 1. The summed E-state index contributed by atoms with van der Waals surface area (Å²) in [6.07, 6.45) is -4.63. The van der Waals surface area contributed by atoms with Gasteiger partial charge in [-0.15, -0.1) is 0 Å². The van der Waals surface area contributed by atoms with Crippen molar-refractivity contribution in [3.8, 4) is 11.1 Å². The van der Waals surface area contributed by atoms with Crippen molar-refractivity contribution in [3.05, 3.63) is 39.6 Å². The van der Waals surface area contributed by atoms with Gasteiger partial charge in [-0.1, -0.05) is 23.7 Å². The van der Waals surface area contributed by atoms with Crippen molar-refractivity contribution in [2.45, 2.75) is 25.2 Å². The van der Waals surface area contributed by atoms with Crippen LogP contribution in [0.3, 0.4) is 0 Å². The van der Waals surface area contributed by atoms with Gasteiger partial charge in [0.2, 0.25) is 5.95 Å². The van der Waals surface area contributed by atoms with Crippen LogP contribution in [-0.4, -0.2) is 48.1 Å². The number of fused-ring (bicyclic) bond motifs is 1. The number of benzene rings is 1. The summed E-state index contributed by atoms with van der Waals surface area (Å²) in [4.78, 5) is 19.5. The molecule has 1 N–H and O–H groups in total. The van der Waals surface area contributed by atoms with E-state index in [1.807, 2.05) is 4.90 Å². The zero-order chi connectivity index (χ0) is 19.9. The Morgan fingerprint density at radius 3 is 2.46 bits per heavy atom. The monoisotopic (exact) mass is 414 g/mol. The number of hydrogen-bond donors (Lipinski definition) is 1. The molecule has 1 aromatic heterocycles. The Bertz CT molecular complexity index is 924. The number of alkyl halides is 3. The zero-order valence-corrected chi connectivity index (χ0v) is 15.6. The van der Waals surface area contributed by atoms with E-state index in [0.717, 1.165) is 0 Å². The number of morpholine rings is 1. The maximum absolute atomic E-state index is 13.2. The van der Waals surface area contributed by atoms with Gasteiger partial charge in [-0.25, -0.2) is 0 Å². The summed E-state index contributed by atoms with van der Waals surface area (Å²) < 4.78 is 46.1. The molecule has 10 heteroatoms. The number of aromatic nitrogens is 2. The number of rotatable bonds is 2. The van der Waals surface area contributed by atoms with Crippen LogP contribution in [0.5, 0.6) is 0 Å². The molecule has 1 aromatic carbocycles. The molecule has 0 spiro atoms. The molecule has 0 radical (unpaired) electrons. The molecule has 4 rings (SSSR count). The van der Waals surface area contributed by atoms with Gasteiger partial charge in [-0.05, 0) is 24.1 Å². The van der Waals surface area contributed by atoms with Gasteiger partial charge in [0.25, 0.3) is 5.56 Å². The Morgan fingerprint density at radius 1 is 1.14 bits per heavy atom. The van der Waals surface area contributed by atoms with Crippen molar-refractivity contribution >= 4 is 23.4 Å². The summed E-state index contributed by atoms with van der Waals surface area (Å²) in [6.45, 7) is 1.86. The minimum Gasteiger partial charge on any atom is -0.378 e. The molecule has 150 valence electrons. The van der Waals surface area contributed by atoms with Gasteiger partial charge in [0.05, 0.1) is 18.8 Å². The van der Waals surface area contributed by atoms with Gasteiger partial charge in [0.15, 0.2) is 0 Å². The van der Waals surface area contributed by atoms with Crippen molar-refractivity contribution < 1.29 is 17.9 Å². The van der Waals surface area contributed by atoms with E-state index in [-0.39, 0.29) is 24.5 Å². The van der Waals surface area contributed by atoms with E-state index in [4.69, 9.17) is 16.3 Å². The molecule has 1 atom stereocenters. The minimum atomic E-state index is -4.41. The van der Waals surface area contributed by atoms with Crippen LogP contribution in [0, 0.1) is 0 Å². The van der Waals surface area contributed by atoms with E-state index in [2.05, 4.69) is 10.3 Å². The lowest BCUT2D eigenvalue weighted by atomic mass is 10.1. The molecular formula is C18H18ClF3N4O2. The SMILES string of the molecule is O=c1c(-c2ccc(Cl)cc2)c(N2CCOCC2)nc2n1CCC(C(F)(F)F)N2. The largest absolute Gasteiger partial charge is 0.408 e. The van der Waals surface area contributed by atoms with E-state index < -0.39 is 12.2 Å². The predicted molar refractivity (Wildman–Crippen MR) is 100 cm³/mol. The lowest BCUT2D eigenvalue weighted by molar-refractivity contribution is -0.145. The van der Waals surface area contributed by atoms with E-state index in [9.17, 15) is 18.0 Å². The van der Waals surface area contributed by atoms with Crippen molar-refractivity contribution in [2.24, 2.45) is 0 Å². The highest BCUT2D eigenvalue weighted by molar-refractivity contribution is 6.30. The maximum atomic E-state index is 13.2. The summed E-state index contributed by atoms with van der Waals surface area (Å²) in [5, 5.41) is 2.92. The first-order chi connectivity index (χ1) is 13.3. The lowest BCUT2D eigenvalue weighted by Gasteiger charge is -2.33. The van der Waals surface area contributed by atoms with Crippen LogP contribution in [0.2, 0.25) is 5.02 Å². The third-order valence-corrected chi connectivity index (χ3v) is 5.19.